The van der Waals surface area contributed by atoms with Crippen LogP contribution < -0.4 is 4.74 Å². The maximum atomic E-state index is 12.3. The van der Waals surface area contributed by atoms with E-state index in [0.717, 1.165) is 5.20 Å². The fraction of sp³-hybridized carbons (Fsp3) is 0.387. The summed E-state index contributed by atoms with van der Waals surface area (Å²) in [7, 11) is -6.48. The molecule has 1 unspecified atom stereocenters. The standard InChI is InChI=1S/C31H43NO8Si3/c1-11-21(2)37-31(35)26(30(33)34)18-23-12-14-24(15-13-23)29-32-27-17-16-25(19-28(27)38-29)36-20-22(3)43(10,39-41(4,5)6)40-42(7,8)9/h12-19,21H,3,11,20H2,1-2,4-10H3,(H,33,34). The van der Waals surface area contributed by atoms with E-state index in [-0.39, 0.29) is 12.7 Å². The lowest BCUT2D eigenvalue weighted by atomic mass is 10.1. The van der Waals surface area contributed by atoms with Crippen LogP contribution >= 0.6 is 0 Å². The number of carboxylic acids is 1. The number of carbonyl (C=O) groups excluding carboxylic acids is 1. The Morgan fingerprint density at radius 1 is 1.00 bits per heavy atom. The first kappa shape index (κ1) is 34.2. The number of ether oxygens (including phenoxy) is 2. The largest absolute Gasteiger partial charge is 0.489 e. The number of aromatic nitrogens is 1. The molecule has 0 aliphatic heterocycles. The summed E-state index contributed by atoms with van der Waals surface area (Å²) in [6.45, 7) is 23.1. The molecule has 0 fully saturated rings. The van der Waals surface area contributed by atoms with Crippen molar-refractivity contribution in [3.63, 3.8) is 0 Å². The van der Waals surface area contributed by atoms with Gasteiger partial charge in [-0.3, -0.25) is 0 Å². The van der Waals surface area contributed by atoms with Gasteiger partial charge in [0.2, 0.25) is 5.89 Å². The zero-order valence-corrected chi connectivity index (χ0v) is 29.6. The maximum Gasteiger partial charge on any atom is 0.347 e. The smallest absolute Gasteiger partial charge is 0.347 e. The van der Waals surface area contributed by atoms with Crippen LogP contribution in [0.2, 0.25) is 45.8 Å². The van der Waals surface area contributed by atoms with Gasteiger partial charge in [0.05, 0.1) is 6.10 Å². The average Bonchev–Trinajstić information content (AvgIpc) is 3.31. The monoisotopic (exact) mass is 641 g/mol. The van der Waals surface area contributed by atoms with Gasteiger partial charge in [0.15, 0.2) is 22.2 Å². The molecule has 0 spiro atoms. The molecule has 0 saturated carbocycles. The van der Waals surface area contributed by atoms with E-state index >= 15 is 0 Å². The van der Waals surface area contributed by atoms with Crippen LogP contribution in [0, 0.1) is 0 Å². The summed E-state index contributed by atoms with van der Waals surface area (Å²) in [5.74, 6) is -1.21. The fourth-order valence-corrected chi connectivity index (χ4v) is 15.6. The Morgan fingerprint density at radius 2 is 1.60 bits per heavy atom. The van der Waals surface area contributed by atoms with Crippen LogP contribution in [0.4, 0.5) is 0 Å². The minimum atomic E-state index is -2.70. The highest BCUT2D eigenvalue weighted by molar-refractivity contribution is 6.91. The van der Waals surface area contributed by atoms with Crippen molar-refractivity contribution in [3.05, 3.63) is 65.4 Å². The Balaban J connectivity index is 1.76. The highest BCUT2D eigenvalue weighted by atomic mass is 28.5. The summed E-state index contributed by atoms with van der Waals surface area (Å²) in [5, 5.41) is 10.3. The van der Waals surface area contributed by atoms with Gasteiger partial charge >= 0.3 is 20.5 Å². The van der Waals surface area contributed by atoms with E-state index in [1.54, 1.807) is 37.3 Å². The molecule has 0 radical (unpaired) electrons. The molecular weight excluding hydrogens is 599 g/mol. The first-order valence-electron chi connectivity index (χ1n) is 14.3. The molecule has 1 aromatic heterocycles. The number of aliphatic carboxylic acids is 1. The quantitative estimate of drug-likeness (QED) is 0.0626. The van der Waals surface area contributed by atoms with E-state index in [9.17, 15) is 14.7 Å². The predicted molar refractivity (Wildman–Crippen MR) is 176 cm³/mol. The van der Waals surface area contributed by atoms with E-state index < -0.39 is 42.7 Å². The second-order valence-electron chi connectivity index (χ2n) is 12.5. The van der Waals surface area contributed by atoms with Gasteiger partial charge in [-0.2, -0.15) is 0 Å². The van der Waals surface area contributed by atoms with Crippen LogP contribution in [0.15, 0.2) is 64.2 Å². The zero-order valence-electron chi connectivity index (χ0n) is 26.6. The van der Waals surface area contributed by atoms with Crippen molar-refractivity contribution < 1.29 is 36.8 Å². The Kier molecular flexibility index (Phi) is 10.8. The fourth-order valence-electron chi connectivity index (χ4n) is 4.18. The lowest BCUT2D eigenvalue weighted by molar-refractivity contribution is -0.147. The minimum absolute atomic E-state index is 0.266. The Hall–Kier alpha value is -3.30. The normalized spacial score (nSPS) is 13.6. The van der Waals surface area contributed by atoms with Crippen LogP contribution in [0.3, 0.4) is 0 Å². The number of benzene rings is 2. The van der Waals surface area contributed by atoms with E-state index in [1.165, 1.54) is 6.08 Å². The van der Waals surface area contributed by atoms with Gasteiger partial charge in [0.1, 0.15) is 23.4 Å². The maximum absolute atomic E-state index is 12.3. The average molecular weight is 642 g/mol. The van der Waals surface area contributed by atoms with E-state index in [4.69, 9.17) is 22.1 Å². The van der Waals surface area contributed by atoms with E-state index in [2.05, 4.69) is 57.4 Å². The van der Waals surface area contributed by atoms with Gasteiger partial charge in [0, 0.05) is 16.8 Å². The highest BCUT2D eigenvalue weighted by Gasteiger charge is 2.43. The molecule has 2 aromatic carbocycles. The number of carbonyl (C=O) groups is 2. The van der Waals surface area contributed by atoms with Crippen LogP contribution in [0.5, 0.6) is 5.75 Å². The summed E-state index contributed by atoms with van der Waals surface area (Å²) in [4.78, 5) is 28.5. The molecule has 1 atom stereocenters. The third kappa shape index (κ3) is 9.86. The topological polar surface area (TPSA) is 117 Å². The van der Waals surface area contributed by atoms with Crippen molar-refractivity contribution >= 4 is 54.3 Å². The molecular formula is C31H43NO8Si3. The summed E-state index contributed by atoms with van der Waals surface area (Å²) < 4.78 is 30.5. The van der Waals surface area contributed by atoms with E-state index in [1.807, 2.05) is 19.1 Å². The first-order valence-corrected chi connectivity index (χ1v) is 23.4. The second-order valence-corrected chi connectivity index (χ2v) is 25.2. The molecule has 1 heterocycles. The molecule has 0 aliphatic carbocycles. The zero-order chi connectivity index (χ0) is 32.2. The van der Waals surface area contributed by atoms with Gasteiger partial charge in [-0.1, -0.05) is 25.6 Å². The lowest BCUT2D eigenvalue weighted by Crippen LogP contribution is -2.54. The van der Waals surface area contributed by atoms with Crippen LogP contribution in [0.25, 0.3) is 28.6 Å². The first-order chi connectivity index (χ1) is 19.9. The molecule has 0 bridgehead atoms. The summed E-state index contributed by atoms with van der Waals surface area (Å²) >= 11 is 0. The van der Waals surface area contributed by atoms with Crippen molar-refractivity contribution in [1.29, 1.82) is 0 Å². The molecule has 0 amide bonds. The second kappa shape index (κ2) is 13.6. The minimum Gasteiger partial charge on any atom is -0.489 e. The van der Waals surface area contributed by atoms with Gasteiger partial charge in [-0.25, -0.2) is 14.6 Å². The van der Waals surface area contributed by atoms with Crippen molar-refractivity contribution in [2.45, 2.75) is 72.2 Å². The van der Waals surface area contributed by atoms with Crippen molar-refractivity contribution in [2.24, 2.45) is 0 Å². The molecule has 0 aliphatic rings. The van der Waals surface area contributed by atoms with Gasteiger partial charge in [-0.15, -0.1) is 0 Å². The third-order valence-electron chi connectivity index (χ3n) is 6.22. The summed E-state index contributed by atoms with van der Waals surface area (Å²) in [6.07, 6.45) is 1.50. The molecule has 3 rings (SSSR count). The Bertz CT molecular complexity index is 1480. The molecule has 12 heteroatoms. The summed E-state index contributed by atoms with van der Waals surface area (Å²) in [5.41, 5.74) is 2.00. The number of nitrogens with zero attached hydrogens (tertiary/aromatic N) is 1. The number of hydrogen-bond donors (Lipinski definition) is 1. The molecule has 232 valence electrons. The van der Waals surface area contributed by atoms with Crippen molar-refractivity contribution in [2.75, 3.05) is 6.61 Å². The van der Waals surface area contributed by atoms with Crippen LogP contribution in [-0.2, 0) is 22.6 Å². The van der Waals surface area contributed by atoms with E-state index in [0.29, 0.717) is 40.3 Å². The number of hydrogen-bond acceptors (Lipinski definition) is 8. The predicted octanol–water partition coefficient (Wildman–Crippen LogP) is 7.55. The molecule has 0 saturated heterocycles. The van der Waals surface area contributed by atoms with Crippen molar-refractivity contribution in [1.82, 2.24) is 4.98 Å². The molecule has 3 aromatic rings. The lowest BCUT2D eigenvalue weighted by Gasteiger charge is -2.39. The molecule has 43 heavy (non-hydrogen) atoms. The highest BCUT2D eigenvalue weighted by Crippen LogP contribution is 2.30. The SMILES string of the molecule is C=C(COc1ccc2nc(-c3ccc(C=C(C(=O)O)C(=O)OC(C)CC)cc3)oc2c1)[Si](C)(O[Si](C)(C)C)O[Si](C)(C)C. The van der Waals surface area contributed by atoms with Crippen LogP contribution in [-0.4, -0.2) is 59.9 Å². The number of fused-ring (bicyclic) bond motifs is 1. The summed E-state index contributed by atoms with van der Waals surface area (Å²) in [6, 6.07) is 12.3. The number of esters is 1. The van der Waals surface area contributed by atoms with Crippen LogP contribution in [0.1, 0.15) is 25.8 Å². The Morgan fingerprint density at radius 3 is 2.14 bits per heavy atom. The number of carboxylic acid groups (broad SMARTS) is 1. The molecule has 9 nitrogen and oxygen atoms in total. The van der Waals surface area contributed by atoms with Crippen molar-refractivity contribution in [3.8, 4) is 17.2 Å². The van der Waals surface area contributed by atoms with Gasteiger partial charge in [0.25, 0.3) is 0 Å². The number of oxazole rings is 1. The third-order valence-corrected chi connectivity index (χ3v) is 15.7. The number of rotatable bonds is 14. The Labute approximate surface area is 257 Å². The van der Waals surface area contributed by atoms with Gasteiger partial charge in [-0.05, 0) is 95.1 Å². The van der Waals surface area contributed by atoms with Gasteiger partial charge < -0.3 is 27.2 Å². The molecule has 1 N–H and O–H groups in total.